The van der Waals surface area contributed by atoms with Crippen molar-refractivity contribution in [1.29, 1.82) is 0 Å². The van der Waals surface area contributed by atoms with Crippen LogP contribution in [0.2, 0.25) is 5.02 Å². The summed E-state index contributed by atoms with van der Waals surface area (Å²) in [6, 6.07) is 11.7. The molecular formula is C18H20ClNO2S. The van der Waals surface area contributed by atoms with E-state index < -0.39 is 0 Å². The van der Waals surface area contributed by atoms with Gasteiger partial charge in [-0.2, -0.15) is 0 Å². The first-order valence-electron chi connectivity index (χ1n) is 7.29. The van der Waals surface area contributed by atoms with E-state index in [0.717, 1.165) is 10.5 Å². The molecule has 1 amide bonds. The Bertz CT molecular complexity index is 701. The van der Waals surface area contributed by atoms with Crippen molar-refractivity contribution >= 4 is 35.0 Å². The van der Waals surface area contributed by atoms with Crippen LogP contribution in [-0.2, 0) is 4.79 Å². The minimum Gasteiger partial charge on any atom is -0.495 e. The summed E-state index contributed by atoms with van der Waals surface area (Å²) in [7, 11) is 1.56. The van der Waals surface area contributed by atoms with Crippen LogP contribution in [0, 0.1) is 13.8 Å². The Morgan fingerprint density at radius 1 is 1.22 bits per heavy atom. The normalized spacial score (nSPS) is 11.9. The van der Waals surface area contributed by atoms with Crippen molar-refractivity contribution in [1.82, 2.24) is 0 Å². The fourth-order valence-corrected chi connectivity index (χ4v) is 3.06. The molecule has 0 aromatic heterocycles. The second-order valence-electron chi connectivity index (χ2n) is 5.36. The van der Waals surface area contributed by atoms with Crippen molar-refractivity contribution in [3.8, 4) is 5.75 Å². The molecule has 0 saturated heterocycles. The van der Waals surface area contributed by atoms with Gasteiger partial charge in [-0.05, 0) is 44.5 Å². The molecule has 0 spiro atoms. The highest BCUT2D eigenvalue weighted by atomic mass is 35.5. The average molecular weight is 350 g/mol. The number of hydrogen-bond donors (Lipinski definition) is 1. The van der Waals surface area contributed by atoms with Crippen LogP contribution in [0.1, 0.15) is 18.1 Å². The number of aryl methyl sites for hydroxylation is 2. The SMILES string of the molecule is COc1cc(Cl)c(C)cc1NC(=O)C(C)Sc1ccc(C)cc1. The molecule has 2 aromatic rings. The van der Waals surface area contributed by atoms with E-state index in [1.54, 1.807) is 13.2 Å². The van der Waals surface area contributed by atoms with Crippen molar-refractivity contribution < 1.29 is 9.53 Å². The Morgan fingerprint density at radius 3 is 2.48 bits per heavy atom. The first kappa shape index (κ1) is 17.7. The molecule has 1 N–H and O–H groups in total. The molecule has 0 aliphatic carbocycles. The summed E-state index contributed by atoms with van der Waals surface area (Å²) < 4.78 is 5.29. The third-order valence-electron chi connectivity index (χ3n) is 3.44. The molecule has 122 valence electrons. The monoisotopic (exact) mass is 349 g/mol. The van der Waals surface area contributed by atoms with Crippen molar-refractivity contribution in [2.24, 2.45) is 0 Å². The molecule has 5 heteroatoms. The van der Waals surface area contributed by atoms with Gasteiger partial charge in [0, 0.05) is 16.0 Å². The predicted octanol–water partition coefficient (Wildman–Crippen LogP) is 5.08. The smallest absolute Gasteiger partial charge is 0.237 e. The summed E-state index contributed by atoms with van der Waals surface area (Å²) in [6.45, 7) is 5.82. The number of thioether (sulfide) groups is 1. The van der Waals surface area contributed by atoms with Gasteiger partial charge in [0.15, 0.2) is 0 Å². The molecule has 0 fully saturated rings. The van der Waals surface area contributed by atoms with Gasteiger partial charge in [0.05, 0.1) is 18.0 Å². The molecule has 0 aliphatic heterocycles. The molecule has 3 nitrogen and oxygen atoms in total. The molecule has 0 heterocycles. The zero-order valence-electron chi connectivity index (χ0n) is 13.6. The van der Waals surface area contributed by atoms with Crippen molar-refractivity contribution in [3.05, 3.63) is 52.5 Å². The number of benzene rings is 2. The third kappa shape index (κ3) is 4.66. The van der Waals surface area contributed by atoms with E-state index >= 15 is 0 Å². The Kier molecular flexibility index (Phi) is 5.97. The summed E-state index contributed by atoms with van der Waals surface area (Å²) in [5, 5.41) is 3.31. The highest BCUT2D eigenvalue weighted by molar-refractivity contribution is 8.00. The maximum Gasteiger partial charge on any atom is 0.237 e. The van der Waals surface area contributed by atoms with Crippen LogP contribution in [0.3, 0.4) is 0 Å². The van der Waals surface area contributed by atoms with Crippen molar-refractivity contribution in [3.63, 3.8) is 0 Å². The fourth-order valence-electron chi connectivity index (χ4n) is 2.04. The summed E-state index contributed by atoms with van der Waals surface area (Å²) in [4.78, 5) is 13.5. The number of anilines is 1. The fraction of sp³-hybridized carbons (Fsp3) is 0.278. The van der Waals surface area contributed by atoms with Crippen LogP contribution in [0.5, 0.6) is 5.75 Å². The molecule has 23 heavy (non-hydrogen) atoms. The molecule has 0 bridgehead atoms. The van der Waals surface area contributed by atoms with E-state index in [9.17, 15) is 4.79 Å². The van der Waals surface area contributed by atoms with Gasteiger partial charge in [0.2, 0.25) is 5.91 Å². The summed E-state index contributed by atoms with van der Waals surface area (Å²) in [6.07, 6.45) is 0. The molecule has 2 aromatic carbocycles. The van der Waals surface area contributed by atoms with E-state index in [1.165, 1.54) is 17.3 Å². The number of methoxy groups -OCH3 is 1. The minimum absolute atomic E-state index is 0.0735. The van der Waals surface area contributed by atoms with Gasteiger partial charge in [0.1, 0.15) is 5.75 Å². The number of ether oxygens (including phenoxy) is 1. The largest absolute Gasteiger partial charge is 0.495 e. The van der Waals surface area contributed by atoms with E-state index in [0.29, 0.717) is 16.5 Å². The summed E-state index contributed by atoms with van der Waals surface area (Å²) in [5.74, 6) is 0.483. The van der Waals surface area contributed by atoms with Gasteiger partial charge in [-0.3, -0.25) is 4.79 Å². The lowest BCUT2D eigenvalue weighted by atomic mass is 10.2. The molecule has 2 rings (SSSR count). The molecule has 0 saturated carbocycles. The van der Waals surface area contributed by atoms with Crippen LogP contribution in [0.4, 0.5) is 5.69 Å². The average Bonchev–Trinajstić information content (AvgIpc) is 2.52. The molecule has 0 radical (unpaired) electrons. The maximum absolute atomic E-state index is 12.4. The first-order chi connectivity index (χ1) is 10.9. The lowest BCUT2D eigenvalue weighted by Gasteiger charge is -2.15. The van der Waals surface area contributed by atoms with Crippen LogP contribution in [-0.4, -0.2) is 18.3 Å². The maximum atomic E-state index is 12.4. The Balaban J connectivity index is 2.09. The van der Waals surface area contributed by atoms with E-state index in [1.807, 2.05) is 51.1 Å². The lowest BCUT2D eigenvalue weighted by Crippen LogP contribution is -2.22. The van der Waals surface area contributed by atoms with Crippen molar-refractivity contribution in [2.75, 3.05) is 12.4 Å². The Morgan fingerprint density at radius 2 is 1.87 bits per heavy atom. The van der Waals surface area contributed by atoms with Crippen LogP contribution in [0.25, 0.3) is 0 Å². The predicted molar refractivity (Wildman–Crippen MR) is 97.9 cm³/mol. The quantitative estimate of drug-likeness (QED) is 0.764. The van der Waals surface area contributed by atoms with Gasteiger partial charge < -0.3 is 10.1 Å². The Labute approximate surface area is 146 Å². The van der Waals surface area contributed by atoms with Crippen molar-refractivity contribution in [2.45, 2.75) is 30.9 Å². The molecule has 1 unspecified atom stereocenters. The highest BCUT2D eigenvalue weighted by Crippen LogP contribution is 2.32. The molecule has 0 aliphatic rings. The molecular weight excluding hydrogens is 330 g/mol. The first-order valence-corrected chi connectivity index (χ1v) is 8.55. The number of halogens is 1. The van der Waals surface area contributed by atoms with Crippen LogP contribution < -0.4 is 10.1 Å². The zero-order valence-corrected chi connectivity index (χ0v) is 15.2. The second kappa shape index (κ2) is 7.75. The number of nitrogens with one attached hydrogen (secondary N) is 1. The summed E-state index contributed by atoms with van der Waals surface area (Å²) >= 11 is 7.61. The standard InChI is InChI=1S/C18H20ClNO2S/c1-11-5-7-14(8-6-11)23-13(3)18(21)20-16-9-12(2)15(19)10-17(16)22-4/h5-10,13H,1-4H3,(H,20,21). The number of carbonyl (C=O) groups is 1. The van der Waals surface area contributed by atoms with E-state index in [4.69, 9.17) is 16.3 Å². The van der Waals surface area contributed by atoms with Gasteiger partial charge in [0.25, 0.3) is 0 Å². The second-order valence-corrected chi connectivity index (χ2v) is 7.19. The van der Waals surface area contributed by atoms with Crippen LogP contribution >= 0.6 is 23.4 Å². The highest BCUT2D eigenvalue weighted by Gasteiger charge is 2.17. The van der Waals surface area contributed by atoms with Gasteiger partial charge in [-0.15, -0.1) is 11.8 Å². The van der Waals surface area contributed by atoms with Gasteiger partial charge in [-0.1, -0.05) is 29.3 Å². The number of carbonyl (C=O) groups excluding carboxylic acids is 1. The minimum atomic E-state index is -0.224. The zero-order chi connectivity index (χ0) is 17.0. The summed E-state index contributed by atoms with van der Waals surface area (Å²) in [5.41, 5.74) is 2.73. The third-order valence-corrected chi connectivity index (χ3v) is 4.96. The van der Waals surface area contributed by atoms with E-state index in [-0.39, 0.29) is 11.2 Å². The van der Waals surface area contributed by atoms with Crippen LogP contribution in [0.15, 0.2) is 41.3 Å². The Hall–Kier alpha value is -1.65. The number of amides is 1. The van der Waals surface area contributed by atoms with E-state index in [2.05, 4.69) is 5.32 Å². The van der Waals surface area contributed by atoms with Gasteiger partial charge >= 0.3 is 0 Å². The lowest BCUT2D eigenvalue weighted by molar-refractivity contribution is -0.115. The number of hydrogen-bond acceptors (Lipinski definition) is 3. The topological polar surface area (TPSA) is 38.3 Å². The number of rotatable bonds is 5. The molecule has 1 atom stereocenters. The van der Waals surface area contributed by atoms with Gasteiger partial charge in [-0.25, -0.2) is 0 Å².